The molecule has 1 N–H and O–H groups in total. The minimum absolute atomic E-state index is 0.0461. The first-order valence-corrected chi connectivity index (χ1v) is 7.33. The van der Waals surface area contributed by atoms with Crippen LogP contribution in [0.1, 0.15) is 32.0 Å². The van der Waals surface area contributed by atoms with E-state index in [1.54, 1.807) is 17.2 Å². The number of hydrogen-bond donors (Lipinski definition) is 1. The third-order valence-corrected chi connectivity index (χ3v) is 3.83. The van der Waals surface area contributed by atoms with E-state index in [1.165, 1.54) is 0 Å². The van der Waals surface area contributed by atoms with E-state index < -0.39 is 17.9 Å². The summed E-state index contributed by atoms with van der Waals surface area (Å²) in [7, 11) is 0. The zero-order valence-corrected chi connectivity index (χ0v) is 13.0. The van der Waals surface area contributed by atoms with Gasteiger partial charge >= 0.3 is 5.97 Å². The molecule has 0 aromatic carbocycles. The lowest BCUT2D eigenvalue weighted by Gasteiger charge is -2.28. The highest BCUT2D eigenvalue weighted by Crippen LogP contribution is 2.38. The van der Waals surface area contributed by atoms with Crippen molar-refractivity contribution in [3.8, 4) is 0 Å². The third-order valence-electron chi connectivity index (χ3n) is 3.36. The molecule has 0 radical (unpaired) electrons. The molecular formula is C14H17BrN2O3. The molecule has 1 aliphatic heterocycles. The molecular weight excluding hydrogens is 324 g/mol. The second-order valence-electron chi connectivity index (χ2n) is 5.43. The molecule has 0 saturated carbocycles. The van der Waals surface area contributed by atoms with Crippen LogP contribution in [0.4, 0.5) is 0 Å². The first kappa shape index (κ1) is 15.0. The molecule has 6 heteroatoms. The summed E-state index contributed by atoms with van der Waals surface area (Å²) < 4.78 is 0.827. The fraction of sp³-hybridized carbons (Fsp3) is 0.500. The number of aromatic nitrogens is 1. The van der Waals surface area contributed by atoms with Crippen LogP contribution in [-0.2, 0) is 9.59 Å². The molecule has 1 aromatic heterocycles. The molecule has 2 unspecified atom stereocenters. The number of carboxylic acids is 1. The number of carboxylic acid groups (broad SMARTS) is 1. The minimum atomic E-state index is -0.945. The fourth-order valence-corrected chi connectivity index (χ4v) is 2.78. The fourth-order valence-electron chi connectivity index (χ4n) is 2.55. The van der Waals surface area contributed by atoms with Crippen molar-refractivity contribution in [1.29, 1.82) is 0 Å². The Hall–Kier alpha value is -1.43. The van der Waals surface area contributed by atoms with Gasteiger partial charge in [-0.3, -0.25) is 14.6 Å². The van der Waals surface area contributed by atoms with E-state index in [0.717, 1.165) is 4.47 Å². The molecule has 1 saturated heterocycles. The normalized spacial score (nSPS) is 22.6. The topological polar surface area (TPSA) is 70.5 Å². The zero-order valence-electron chi connectivity index (χ0n) is 11.4. The molecule has 2 atom stereocenters. The lowest BCUT2D eigenvalue weighted by molar-refractivity contribution is -0.142. The Bertz CT molecular complexity index is 516. The number of amides is 1. The van der Waals surface area contributed by atoms with E-state index >= 15 is 0 Å². The summed E-state index contributed by atoms with van der Waals surface area (Å²) in [5.74, 6) is -1.50. The first-order valence-electron chi connectivity index (χ1n) is 6.54. The van der Waals surface area contributed by atoms with Gasteiger partial charge in [-0.2, -0.15) is 0 Å². The Kier molecular flexibility index (Phi) is 4.42. The first-order chi connectivity index (χ1) is 9.40. The van der Waals surface area contributed by atoms with Crippen molar-refractivity contribution in [3.63, 3.8) is 0 Å². The summed E-state index contributed by atoms with van der Waals surface area (Å²) in [6, 6.07) is 3.12. The molecule has 20 heavy (non-hydrogen) atoms. The number of carbonyl (C=O) groups excluding carboxylic acids is 1. The van der Waals surface area contributed by atoms with Crippen LogP contribution in [0.15, 0.2) is 22.8 Å². The molecule has 108 valence electrons. The maximum absolute atomic E-state index is 12.1. The monoisotopic (exact) mass is 340 g/mol. The van der Waals surface area contributed by atoms with Crippen LogP contribution in [0.5, 0.6) is 0 Å². The number of pyridine rings is 1. The highest BCUT2D eigenvalue weighted by Gasteiger charge is 2.45. The van der Waals surface area contributed by atoms with Crippen LogP contribution >= 0.6 is 15.9 Å². The molecule has 0 spiro atoms. The van der Waals surface area contributed by atoms with Crippen molar-refractivity contribution < 1.29 is 14.7 Å². The number of rotatable bonds is 4. The molecule has 2 heterocycles. The Morgan fingerprint density at radius 2 is 2.25 bits per heavy atom. The number of hydrogen-bond acceptors (Lipinski definition) is 3. The Morgan fingerprint density at radius 1 is 1.55 bits per heavy atom. The van der Waals surface area contributed by atoms with Crippen LogP contribution in [0.25, 0.3) is 0 Å². The highest BCUT2D eigenvalue weighted by atomic mass is 79.9. The van der Waals surface area contributed by atoms with Gasteiger partial charge in [-0.1, -0.05) is 13.8 Å². The van der Waals surface area contributed by atoms with Crippen LogP contribution in [-0.4, -0.2) is 33.4 Å². The van der Waals surface area contributed by atoms with E-state index in [0.29, 0.717) is 12.2 Å². The maximum Gasteiger partial charge on any atom is 0.309 e. The summed E-state index contributed by atoms with van der Waals surface area (Å²) >= 11 is 3.31. The number of likely N-dealkylation sites (tertiary alicyclic amines) is 1. The number of nitrogens with zero attached hydrogens (tertiary/aromatic N) is 2. The number of aliphatic carboxylic acids is 1. The Morgan fingerprint density at radius 3 is 2.75 bits per heavy atom. The van der Waals surface area contributed by atoms with Crippen LogP contribution in [0.3, 0.4) is 0 Å². The van der Waals surface area contributed by atoms with E-state index in [2.05, 4.69) is 20.9 Å². The molecule has 1 amide bonds. The van der Waals surface area contributed by atoms with Gasteiger partial charge < -0.3 is 10.0 Å². The van der Waals surface area contributed by atoms with Crippen molar-refractivity contribution >= 4 is 27.8 Å². The van der Waals surface area contributed by atoms with Gasteiger partial charge in [0.2, 0.25) is 5.91 Å². The average Bonchev–Trinajstić information content (AvgIpc) is 2.68. The smallest absolute Gasteiger partial charge is 0.309 e. The van der Waals surface area contributed by atoms with Crippen molar-refractivity contribution in [2.24, 2.45) is 11.8 Å². The van der Waals surface area contributed by atoms with Crippen molar-refractivity contribution in [3.05, 3.63) is 28.5 Å². The van der Waals surface area contributed by atoms with Crippen molar-refractivity contribution in [2.75, 3.05) is 6.54 Å². The summed E-state index contributed by atoms with van der Waals surface area (Å²) in [4.78, 5) is 29.4. The molecule has 1 aliphatic rings. The van der Waals surface area contributed by atoms with Gasteiger partial charge in [0.1, 0.15) is 0 Å². The van der Waals surface area contributed by atoms with Gasteiger partial charge in [0.25, 0.3) is 0 Å². The molecule has 5 nitrogen and oxygen atoms in total. The van der Waals surface area contributed by atoms with Gasteiger partial charge in [0, 0.05) is 23.6 Å². The second-order valence-corrected chi connectivity index (χ2v) is 6.35. The van der Waals surface area contributed by atoms with E-state index in [4.69, 9.17) is 0 Å². The van der Waals surface area contributed by atoms with Crippen LogP contribution < -0.4 is 0 Å². The molecule has 0 bridgehead atoms. The summed E-state index contributed by atoms with van der Waals surface area (Å²) in [5, 5.41) is 9.35. The molecule has 0 aliphatic carbocycles. The molecule has 1 fully saturated rings. The molecule has 1 aromatic rings. The van der Waals surface area contributed by atoms with E-state index in [1.807, 2.05) is 19.9 Å². The van der Waals surface area contributed by atoms with Crippen molar-refractivity contribution in [2.45, 2.75) is 26.3 Å². The summed E-state index contributed by atoms with van der Waals surface area (Å²) in [6.45, 7) is 4.56. The highest BCUT2D eigenvalue weighted by molar-refractivity contribution is 9.10. The molecule has 2 rings (SSSR count). The average molecular weight is 341 g/mol. The third kappa shape index (κ3) is 3.00. The predicted octanol–water partition coefficient (Wildman–Crippen LogP) is 2.47. The number of carbonyl (C=O) groups is 2. The SMILES string of the molecule is CC(C)CN1C(=O)CC(C(=O)O)C1c1ccc(Br)cn1. The largest absolute Gasteiger partial charge is 0.481 e. The standard InChI is InChI=1S/C14H17BrN2O3/c1-8(2)7-17-12(18)5-10(14(19)20)13(17)11-4-3-9(15)6-16-11/h3-4,6,8,10,13H,5,7H2,1-2H3,(H,19,20). The van der Waals surface area contributed by atoms with Gasteiger partial charge in [0.15, 0.2) is 0 Å². The quantitative estimate of drug-likeness (QED) is 0.913. The Balaban J connectivity index is 2.37. The van der Waals surface area contributed by atoms with Crippen molar-refractivity contribution in [1.82, 2.24) is 9.88 Å². The van der Waals surface area contributed by atoms with Gasteiger partial charge in [-0.15, -0.1) is 0 Å². The van der Waals surface area contributed by atoms with Gasteiger partial charge in [-0.05, 0) is 34.0 Å². The number of halogens is 1. The second kappa shape index (κ2) is 5.91. The maximum atomic E-state index is 12.1. The minimum Gasteiger partial charge on any atom is -0.481 e. The summed E-state index contributed by atoms with van der Waals surface area (Å²) in [5.41, 5.74) is 0.632. The lowest BCUT2D eigenvalue weighted by atomic mass is 9.97. The zero-order chi connectivity index (χ0) is 14.9. The van der Waals surface area contributed by atoms with Crippen LogP contribution in [0.2, 0.25) is 0 Å². The van der Waals surface area contributed by atoms with Gasteiger partial charge in [-0.25, -0.2) is 0 Å². The van der Waals surface area contributed by atoms with Crippen LogP contribution in [0, 0.1) is 11.8 Å². The Labute approximate surface area is 126 Å². The van der Waals surface area contributed by atoms with E-state index in [9.17, 15) is 14.7 Å². The predicted molar refractivity (Wildman–Crippen MR) is 77.0 cm³/mol. The summed E-state index contributed by atoms with van der Waals surface area (Å²) in [6.07, 6.45) is 1.68. The lowest BCUT2D eigenvalue weighted by Crippen LogP contribution is -2.34. The van der Waals surface area contributed by atoms with Gasteiger partial charge in [0.05, 0.1) is 17.7 Å². The van der Waals surface area contributed by atoms with E-state index in [-0.39, 0.29) is 18.2 Å².